The normalized spacial score (nSPS) is 13.5. The van der Waals surface area contributed by atoms with Crippen molar-refractivity contribution < 1.29 is 50.4 Å². The van der Waals surface area contributed by atoms with Crippen molar-refractivity contribution >= 4 is 40.5 Å². The van der Waals surface area contributed by atoms with E-state index in [0.29, 0.717) is 0 Å². The second-order valence-electron chi connectivity index (χ2n) is 4.02. The van der Waals surface area contributed by atoms with E-state index in [1.165, 1.54) is 0 Å². The molecular weight excluding hydrogens is 440 g/mol. The molecule has 0 fully saturated rings. The molecule has 0 unspecified atom stereocenters. The molecule has 0 amide bonds. The second-order valence-corrected chi connectivity index (χ2v) is 10.7. The van der Waals surface area contributed by atoms with Crippen molar-refractivity contribution in [2.45, 2.75) is 27.7 Å². The zero-order valence-corrected chi connectivity index (χ0v) is 17.6. The smallest absolute Gasteiger partial charge is 0.266 e. The third kappa shape index (κ3) is 6.22. The Kier molecular flexibility index (Phi) is 9.31. The summed E-state index contributed by atoms with van der Waals surface area (Å²) in [6.07, 6.45) is 0. The maximum atomic E-state index is 12.2. The van der Waals surface area contributed by atoms with Crippen molar-refractivity contribution in [1.29, 1.82) is 0 Å². The maximum absolute atomic E-state index is 12.2. The zero-order valence-electron chi connectivity index (χ0n) is 14.4. The van der Waals surface area contributed by atoms with Crippen molar-refractivity contribution in [3.8, 4) is 0 Å². The molecule has 0 aromatic carbocycles. The van der Waals surface area contributed by atoms with Crippen LogP contribution in [0.4, 0.5) is 0 Å². The molecule has 0 saturated heterocycles. The summed E-state index contributed by atoms with van der Waals surface area (Å²) in [6, 6.07) is 0. The summed E-state index contributed by atoms with van der Waals surface area (Å²) in [4.78, 5) is 0. The van der Waals surface area contributed by atoms with Gasteiger partial charge in [-0.15, -0.1) is 0 Å². The van der Waals surface area contributed by atoms with E-state index < -0.39 is 75.4 Å². The van der Waals surface area contributed by atoms with Crippen molar-refractivity contribution in [3.63, 3.8) is 0 Å². The predicted molar refractivity (Wildman–Crippen MR) is 89.2 cm³/mol. The molecule has 12 nitrogen and oxygen atoms in total. The van der Waals surface area contributed by atoms with Gasteiger partial charge < -0.3 is 0 Å². The molecule has 0 aliphatic rings. The molecule has 0 spiro atoms. The maximum Gasteiger partial charge on any atom is 0.312 e. The highest BCUT2D eigenvalue weighted by atomic mass is 32.3. The van der Waals surface area contributed by atoms with Crippen LogP contribution in [-0.4, -0.2) is 60.1 Å². The van der Waals surface area contributed by atoms with Crippen molar-refractivity contribution in [2.24, 2.45) is 0 Å². The van der Waals surface area contributed by atoms with Crippen LogP contribution in [0.15, 0.2) is 8.47 Å². The fraction of sp³-hybridized carbons (Fsp3) is 0.800. The van der Waals surface area contributed by atoms with Crippen LogP contribution < -0.4 is 0 Å². The summed E-state index contributed by atoms with van der Waals surface area (Å²) in [5.41, 5.74) is 0. The van der Waals surface area contributed by atoms with E-state index in [-0.39, 0.29) is 0 Å². The molecule has 0 aliphatic carbocycles. The Morgan fingerprint density at radius 1 is 0.462 bits per heavy atom. The molecule has 0 aromatic rings. The average Bonchev–Trinajstić information content (AvgIpc) is 2.43. The van der Waals surface area contributed by atoms with Gasteiger partial charge in [0.2, 0.25) is 8.47 Å². The summed E-state index contributed by atoms with van der Waals surface area (Å²) in [7, 11) is -21.6. The Morgan fingerprint density at radius 3 is 0.731 bits per heavy atom. The van der Waals surface area contributed by atoms with Crippen LogP contribution in [-0.2, 0) is 57.2 Å². The minimum absolute atomic E-state index is 0.621. The first-order valence-corrected chi connectivity index (χ1v) is 12.7. The van der Waals surface area contributed by atoms with Crippen LogP contribution in [0.2, 0.25) is 0 Å². The molecule has 0 heterocycles. The third-order valence-electron chi connectivity index (χ3n) is 2.17. The highest BCUT2D eigenvalue weighted by Crippen LogP contribution is 2.31. The minimum atomic E-state index is -5.41. The van der Waals surface area contributed by atoms with Crippen molar-refractivity contribution in [2.75, 3.05) is 26.4 Å². The summed E-state index contributed by atoms with van der Waals surface area (Å²) < 4.78 is 111. The first-order chi connectivity index (χ1) is 11.7. The van der Waals surface area contributed by atoms with Gasteiger partial charge in [0.1, 0.15) is 0 Å². The van der Waals surface area contributed by atoms with Crippen LogP contribution in [0.25, 0.3) is 0 Å². The topological polar surface area (TPSA) is 173 Å². The van der Waals surface area contributed by atoms with Crippen molar-refractivity contribution in [3.05, 3.63) is 8.47 Å². The zero-order chi connectivity index (χ0) is 20.8. The van der Waals surface area contributed by atoms with Crippen LogP contribution in [0, 0.1) is 0 Å². The quantitative estimate of drug-likeness (QED) is 0.344. The van der Waals surface area contributed by atoms with E-state index >= 15 is 0 Å². The van der Waals surface area contributed by atoms with Gasteiger partial charge in [0.25, 0.3) is 0 Å². The van der Waals surface area contributed by atoms with E-state index in [0.717, 1.165) is 27.7 Å². The number of hydrogen-bond donors (Lipinski definition) is 0. The van der Waals surface area contributed by atoms with Gasteiger partial charge in [0.05, 0.1) is 26.4 Å². The lowest BCUT2D eigenvalue weighted by Gasteiger charge is -2.15. The minimum Gasteiger partial charge on any atom is -0.266 e. The lowest BCUT2D eigenvalue weighted by molar-refractivity contribution is 0.327. The number of hydrogen-bond acceptors (Lipinski definition) is 12. The lowest BCUT2D eigenvalue weighted by atomic mass is 10.9. The average molecular weight is 461 g/mol. The largest absolute Gasteiger partial charge is 0.312 e. The summed E-state index contributed by atoms with van der Waals surface area (Å²) >= 11 is 0. The Bertz CT molecular complexity index is 768. The molecule has 0 aromatic heterocycles. The first kappa shape index (κ1) is 25.4. The molecule has 0 rings (SSSR count). The van der Waals surface area contributed by atoms with Gasteiger partial charge in [-0.3, -0.25) is 16.7 Å². The second kappa shape index (κ2) is 9.54. The SMILES string of the molecule is CCOS(=O)(=O)C(=C(S(=O)(=O)OCC)S(=O)(=O)OCC)S(=O)(=O)OCC. The Balaban J connectivity index is 7.51. The summed E-state index contributed by atoms with van der Waals surface area (Å²) in [6.45, 7) is 2.11. The number of rotatable bonds is 12. The monoisotopic (exact) mass is 460 g/mol. The molecule has 0 radical (unpaired) electrons. The molecule has 0 bridgehead atoms. The van der Waals surface area contributed by atoms with Gasteiger partial charge in [0, 0.05) is 0 Å². The van der Waals surface area contributed by atoms with Gasteiger partial charge in [-0.2, -0.15) is 33.7 Å². The van der Waals surface area contributed by atoms with Crippen LogP contribution in [0.3, 0.4) is 0 Å². The molecule has 0 aliphatic heterocycles. The van der Waals surface area contributed by atoms with Gasteiger partial charge in [0.15, 0.2) is 0 Å². The summed E-state index contributed by atoms with van der Waals surface area (Å²) in [5.74, 6) is 0. The van der Waals surface area contributed by atoms with Gasteiger partial charge in [-0.05, 0) is 27.7 Å². The summed E-state index contributed by atoms with van der Waals surface area (Å²) in [5, 5.41) is 0. The van der Waals surface area contributed by atoms with Crippen LogP contribution in [0.5, 0.6) is 0 Å². The molecule has 0 N–H and O–H groups in total. The van der Waals surface area contributed by atoms with E-state index in [4.69, 9.17) is 0 Å². The molecule has 0 saturated carbocycles. The molecule has 156 valence electrons. The molecule has 16 heteroatoms. The van der Waals surface area contributed by atoms with Gasteiger partial charge in [-0.25, -0.2) is 0 Å². The molecular formula is C10H20O12S4. The Hall–Kier alpha value is -0.620. The van der Waals surface area contributed by atoms with E-state index in [2.05, 4.69) is 16.7 Å². The Morgan fingerprint density at radius 2 is 0.615 bits per heavy atom. The van der Waals surface area contributed by atoms with Crippen LogP contribution >= 0.6 is 0 Å². The highest BCUT2D eigenvalue weighted by Gasteiger charge is 2.48. The fourth-order valence-corrected chi connectivity index (χ4v) is 9.01. The predicted octanol–water partition coefficient (Wildman–Crippen LogP) is -0.422. The molecule has 0 atom stereocenters. The highest BCUT2D eigenvalue weighted by molar-refractivity contribution is 8.16. The fourth-order valence-electron chi connectivity index (χ4n) is 1.49. The lowest BCUT2D eigenvalue weighted by Crippen LogP contribution is -2.28. The van der Waals surface area contributed by atoms with Gasteiger partial charge >= 0.3 is 40.5 Å². The molecule has 26 heavy (non-hydrogen) atoms. The standard InChI is InChI=1S/C10H20O12S4/c1-5-19-23(11,12)9(24(13,14)20-6-2)10(25(15,16)21-7-3)26(17,18)22-8-4/h5-8H2,1-4H3. The van der Waals surface area contributed by atoms with Crippen molar-refractivity contribution in [1.82, 2.24) is 0 Å². The first-order valence-electron chi connectivity index (χ1n) is 7.05. The van der Waals surface area contributed by atoms with E-state index in [1.54, 1.807) is 0 Å². The van der Waals surface area contributed by atoms with E-state index in [1.807, 2.05) is 0 Å². The van der Waals surface area contributed by atoms with E-state index in [9.17, 15) is 33.7 Å². The van der Waals surface area contributed by atoms with Gasteiger partial charge in [-0.1, -0.05) is 0 Å². The third-order valence-corrected chi connectivity index (χ3v) is 9.95. The Labute approximate surface area is 153 Å². The van der Waals surface area contributed by atoms with Crippen LogP contribution in [0.1, 0.15) is 27.7 Å².